The molecule has 25 heavy (non-hydrogen) atoms. The number of nitrogens with one attached hydrogen (secondary N) is 2. The largest absolute Gasteiger partial charge is 0.464 e. The molecule has 0 radical (unpaired) electrons. The Morgan fingerprint density at radius 2 is 2.16 bits per heavy atom. The van der Waals surface area contributed by atoms with Crippen molar-refractivity contribution in [1.82, 2.24) is 30.6 Å². The van der Waals surface area contributed by atoms with Crippen molar-refractivity contribution in [3.63, 3.8) is 0 Å². The second-order valence-corrected chi connectivity index (χ2v) is 6.06. The van der Waals surface area contributed by atoms with Gasteiger partial charge in [0, 0.05) is 0 Å². The molecule has 126 valence electrons. The van der Waals surface area contributed by atoms with Gasteiger partial charge in [-0.1, -0.05) is 12.1 Å². The van der Waals surface area contributed by atoms with Crippen LogP contribution in [0.4, 0.5) is 4.39 Å². The van der Waals surface area contributed by atoms with Crippen molar-refractivity contribution in [3.05, 3.63) is 53.0 Å². The normalized spacial score (nSPS) is 12.2. The lowest BCUT2D eigenvalue weighted by molar-refractivity contribution is 0.208. The minimum Gasteiger partial charge on any atom is -0.464 e. The van der Waals surface area contributed by atoms with Crippen molar-refractivity contribution in [1.29, 1.82) is 0 Å². The lowest BCUT2D eigenvalue weighted by atomic mass is 9.99. The lowest BCUT2D eigenvalue weighted by Crippen LogP contribution is -2.06. The van der Waals surface area contributed by atoms with Crippen LogP contribution in [0.2, 0.25) is 0 Å². The van der Waals surface area contributed by atoms with Gasteiger partial charge < -0.3 is 4.74 Å². The second kappa shape index (κ2) is 6.44. The topological polar surface area (TPSA) is 92.4 Å². The summed E-state index contributed by atoms with van der Waals surface area (Å²) < 4.78 is 20.4. The molecule has 0 amide bonds. The van der Waals surface area contributed by atoms with Gasteiger partial charge in [-0.2, -0.15) is 26.7 Å². The smallest absolute Gasteiger partial charge is 0.262 e. The Morgan fingerprint density at radius 1 is 1.24 bits per heavy atom. The number of benzene rings is 1. The zero-order chi connectivity index (χ0) is 17.2. The summed E-state index contributed by atoms with van der Waals surface area (Å²) in [5, 5.41) is 21.1. The number of thiophene rings is 1. The number of aromatic nitrogens is 6. The highest BCUT2D eigenvalue weighted by atomic mass is 32.1. The van der Waals surface area contributed by atoms with Crippen molar-refractivity contribution in [3.8, 4) is 28.3 Å². The number of nitrogens with zero attached hydrogens (tertiary/aromatic N) is 4. The van der Waals surface area contributed by atoms with Crippen molar-refractivity contribution in [2.24, 2.45) is 0 Å². The number of hydrogen-bond donors (Lipinski definition) is 2. The van der Waals surface area contributed by atoms with Crippen molar-refractivity contribution in [2.75, 3.05) is 0 Å². The van der Waals surface area contributed by atoms with Crippen LogP contribution in [0.3, 0.4) is 0 Å². The van der Waals surface area contributed by atoms with Crippen LogP contribution in [-0.4, -0.2) is 30.6 Å². The molecule has 0 fully saturated rings. The molecule has 0 saturated carbocycles. The second-order valence-electron chi connectivity index (χ2n) is 5.28. The molecule has 3 aromatic heterocycles. The van der Waals surface area contributed by atoms with E-state index in [4.69, 9.17) is 4.74 Å². The number of halogens is 1. The molecule has 0 aliphatic rings. The standard InChI is InChI=1S/C16H13FN6OS/c1-9(15-18-8-19-21-15)24-16-14(20-23-22-16)13-11(3-2-4-12(13)17)10-5-6-25-7-10/h2-9H,1H3,(H,18,19,21)(H,20,22,23). The predicted octanol–water partition coefficient (Wildman–Crippen LogP) is 3.60. The van der Waals surface area contributed by atoms with Crippen LogP contribution in [0.15, 0.2) is 41.4 Å². The van der Waals surface area contributed by atoms with Gasteiger partial charge in [0.15, 0.2) is 17.6 Å². The molecule has 7 nitrogen and oxygen atoms in total. The zero-order valence-electron chi connectivity index (χ0n) is 13.1. The molecule has 0 aliphatic heterocycles. The molecule has 0 bridgehead atoms. The molecule has 0 saturated heterocycles. The number of ether oxygens (including phenoxy) is 1. The van der Waals surface area contributed by atoms with Crippen molar-refractivity contribution < 1.29 is 9.13 Å². The Kier molecular flexibility index (Phi) is 3.98. The molecular weight excluding hydrogens is 343 g/mol. The van der Waals surface area contributed by atoms with Gasteiger partial charge in [-0.15, -0.1) is 5.10 Å². The maximum absolute atomic E-state index is 14.6. The predicted molar refractivity (Wildman–Crippen MR) is 90.5 cm³/mol. The average molecular weight is 356 g/mol. The highest BCUT2D eigenvalue weighted by Gasteiger charge is 2.23. The minimum atomic E-state index is -0.442. The zero-order valence-corrected chi connectivity index (χ0v) is 13.9. The third-order valence-corrected chi connectivity index (χ3v) is 4.39. The van der Waals surface area contributed by atoms with Gasteiger partial charge in [0.2, 0.25) is 0 Å². The molecule has 9 heteroatoms. The van der Waals surface area contributed by atoms with Crippen LogP contribution in [0.1, 0.15) is 18.9 Å². The quantitative estimate of drug-likeness (QED) is 0.570. The van der Waals surface area contributed by atoms with E-state index in [9.17, 15) is 4.39 Å². The van der Waals surface area contributed by atoms with Gasteiger partial charge in [0.1, 0.15) is 12.1 Å². The third-order valence-electron chi connectivity index (χ3n) is 3.71. The number of rotatable bonds is 5. The van der Waals surface area contributed by atoms with Gasteiger partial charge in [-0.05, 0) is 40.9 Å². The Bertz CT molecular complexity index is 967. The van der Waals surface area contributed by atoms with Crippen LogP contribution in [0.5, 0.6) is 5.88 Å². The van der Waals surface area contributed by atoms with E-state index >= 15 is 0 Å². The first-order chi connectivity index (χ1) is 12.2. The molecule has 0 spiro atoms. The minimum absolute atomic E-state index is 0.200. The van der Waals surface area contributed by atoms with Crippen molar-refractivity contribution in [2.45, 2.75) is 13.0 Å². The molecular formula is C16H13FN6OS. The SMILES string of the molecule is CC(Oc1n[nH]nc1-c1c(F)cccc1-c1ccsc1)c1ncn[nH]1. The summed E-state index contributed by atoms with van der Waals surface area (Å²) in [4.78, 5) is 4.05. The molecule has 4 rings (SSSR count). The Balaban J connectivity index is 1.76. The molecule has 1 aromatic carbocycles. The van der Waals surface area contributed by atoms with E-state index in [-0.39, 0.29) is 5.88 Å². The first kappa shape index (κ1) is 15.5. The van der Waals surface area contributed by atoms with Gasteiger partial charge in [0.25, 0.3) is 5.88 Å². The van der Waals surface area contributed by atoms with Gasteiger partial charge in [-0.3, -0.25) is 5.10 Å². The van der Waals surface area contributed by atoms with Gasteiger partial charge >= 0.3 is 0 Å². The monoisotopic (exact) mass is 356 g/mol. The summed E-state index contributed by atoms with van der Waals surface area (Å²) >= 11 is 1.54. The maximum atomic E-state index is 14.6. The number of aromatic amines is 2. The molecule has 1 atom stereocenters. The maximum Gasteiger partial charge on any atom is 0.262 e. The van der Waals surface area contributed by atoms with Gasteiger partial charge in [-0.25, -0.2) is 9.37 Å². The van der Waals surface area contributed by atoms with Crippen LogP contribution < -0.4 is 4.74 Å². The molecule has 2 N–H and O–H groups in total. The van der Waals surface area contributed by atoms with Crippen LogP contribution in [0.25, 0.3) is 22.4 Å². The van der Waals surface area contributed by atoms with E-state index in [0.717, 1.165) is 11.1 Å². The van der Waals surface area contributed by atoms with Crippen LogP contribution in [0, 0.1) is 5.82 Å². The van der Waals surface area contributed by atoms with E-state index in [2.05, 4.69) is 30.6 Å². The van der Waals surface area contributed by atoms with E-state index in [1.165, 1.54) is 12.4 Å². The number of H-pyrrole nitrogens is 2. The van der Waals surface area contributed by atoms with E-state index in [1.807, 2.05) is 22.9 Å². The Labute approximate surface area is 145 Å². The average Bonchev–Trinajstić information content (AvgIpc) is 3.37. The Hall–Kier alpha value is -3.07. The fourth-order valence-electron chi connectivity index (χ4n) is 2.52. The van der Waals surface area contributed by atoms with Crippen LogP contribution in [-0.2, 0) is 0 Å². The highest BCUT2D eigenvalue weighted by Crippen LogP contribution is 2.38. The highest BCUT2D eigenvalue weighted by molar-refractivity contribution is 7.08. The van der Waals surface area contributed by atoms with Crippen LogP contribution >= 0.6 is 11.3 Å². The first-order valence-electron chi connectivity index (χ1n) is 7.48. The first-order valence-corrected chi connectivity index (χ1v) is 8.42. The lowest BCUT2D eigenvalue weighted by Gasteiger charge is -2.12. The summed E-state index contributed by atoms with van der Waals surface area (Å²) in [7, 11) is 0. The van der Waals surface area contributed by atoms with E-state index in [0.29, 0.717) is 17.1 Å². The summed E-state index contributed by atoms with van der Waals surface area (Å²) in [6.45, 7) is 1.79. The summed E-state index contributed by atoms with van der Waals surface area (Å²) in [6.07, 6.45) is 0.951. The fraction of sp³-hybridized carbons (Fsp3) is 0.125. The third kappa shape index (κ3) is 2.89. The summed E-state index contributed by atoms with van der Waals surface area (Å²) in [6, 6.07) is 6.84. The Morgan fingerprint density at radius 3 is 2.92 bits per heavy atom. The van der Waals surface area contributed by atoms with Crippen molar-refractivity contribution >= 4 is 11.3 Å². The fourth-order valence-corrected chi connectivity index (χ4v) is 3.18. The summed E-state index contributed by atoms with van der Waals surface area (Å²) in [5.41, 5.74) is 2.30. The molecule has 1 unspecified atom stereocenters. The summed E-state index contributed by atoms with van der Waals surface area (Å²) in [5.74, 6) is 0.348. The van der Waals surface area contributed by atoms with Gasteiger partial charge in [0.05, 0.1) is 5.56 Å². The molecule has 3 heterocycles. The van der Waals surface area contributed by atoms with E-state index in [1.54, 1.807) is 24.3 Å². The van der Waals surface area contributed by atoms with E-state index < -0.39 is 11.9 Å². The molecule has 4 aromatic rings. The molecule has 0 aliphatic carbocycles. The number of hydrogen-bond acceptors (Lipinski definition) is 6.